The highest BCUT2D eigenvalue weighted by Gasteiger charge is 2.16. The fourth-order valence-corrected chi connectivity index (χ4v) is 3.22. The van der Waals surface area contributed by atoms with Gasteiger partial charge in [-0.25, -0.2) is 4.98 Å². The minimum atomic E-state index is -0.285. The quantitative estimate of drug-likeness (QED) is 0.540. The van der Waals surface area contributed by atoms with Gasteiger partial charge in [0, 0.05) is 29.0 Å². The third kappa shape index (κ3) is 3.92. The lowest BCUT2D eigenvalue weighted by atomic mass is 10.2. The second kappa shape index (κ2) is 8.43. The standard InChI is InChI=1S/C21H22ClN3O2/c1-3-4-5-12-24-15(2)18(7-6-13-26)20(27)25-14-19(23-21(24)25)16-8-10-17(22)11-9-16/h8-11,14,26H,3-5,12-13H2,1-2H3. The summed E-state index contributed by atoms with van der Waals surface area (Å²) in [5, 5.41) is 9.68. The van der Waals surface area contributed by atoms with Gasteiger partial charge in [0.2, 0.25) is 5.78 Å². The van der Waals surface area contributed by atoms with Gasteiger partial charge >= 0.3 is 0 Å². The summed E-state index contributed by atoms with van der Waals surface area (Å²) in [6, 6.07) is 7.38. The Morgan fingerprint density at radius 3 is 2.63 bits per heavy atom. The van der Waals surface area contributed by atoms with Crippen molar-refractivity contribution in [3.8, 4) is 23.1 Å². The van der Waals surface area contributed by atoms with E-state index in [9.17, 15) is 4.79 Å². The molecule has 0 aliphatic heterocycles. The minimum absolute atomic E-state index is 0.220. The largest absolute Gasteiger partial charge is 0.384 e. The summed E-state index contributed by atoms with van der Waals surface area (Å²) in [6.07, 6.45) is 4.93. The van der Waals surface area contributed by atoms with E-state index in [1.807, 2.05) is 23.6 Å². The number of nitrogens with zero attached hydrogens (tertiary/aromatic N) is 3. The maximum Gasteiger partial charge on any atom is 0.275 e. The zero-order valence-electron chi connectivity index (χ0n) is 15.5. The molecule has 0 bridgehead atoms. The molecule has 0 spiro atoms. The first-order valence-corrected chi connectivity index (χ1v) is 9.42. The summed E-state index contributed by atoms with van der Waals surface area (Å²) in [5.41, 5.74) is 2.55. The second-order valence-electron chi connectivity index (χ2n) is 6.39. The number of aliphatic hydroxyl groups is 1. The van der Waals surface area contributed by atoms with Crippen LogP contribution in [0.15, 0.2) is 35.3 Å². The van der Waals surface area contributed by atoms with Gasteiger partial charge in [-0.05, 0) is 25.5 Å². The molecule has 0 radical (unpaired) electrons. The molecule has 0 aliphatic carbocycles. The maximum atomic E-state index is 12.9. The average molecular weight is 384 g/mol. The molecule has 0 unspecified atom stereocenters. The Labute approximate surface area is 163 Å². The van der Waals surface area contributed by atoms with Crippen molar-refractivity contribution in [2.75, 3.05) is 6.61 Å². The Morgan fingerprint density at radius 1 is 1.22 bits per heavy atom. The maximum absolute atomic E-state index is 12.9. The summed E-state index contributed by atoms with van der Waals surface area (Å²) < 4.78 is 3.59. The molecule has 1 aromatic carbocycles. The van der Waals surface area contributed by atoms with Crippen LogP contribution >= 0.6 is 11.6 Å². The number of hydrogen-bond acceptors (Lipinski definition) is 3. The fraction of sp³-hybridized carbons (Fsp3) is 0.333. The summed E-state index contributed by atoms with van der Waals surface area (Å²) in [5.74, 6) is 6.01. The Hall–Kier alpha value is -2.55. The van der Waals surface area contributed by atoms with E-state index >= 15 is 0 Å². The Morgan fingerprint density at radius 2 is 1.96 bits per heavy atom. The molecule has 3 aromatic rings. The number of rotatable bonds is 5. The molecule has 0 saturated heterocycles. The van der Waals surface area contributed by atoms with Gasteiger partial charge in [-0.15, -0.1) is 0 Å². The normalized spacial score (nSPS) is 10.8. The smallest absolute Gasteiger partial charge is 0.275 e. The highest BCUT2D eigenvalue weighted by molar-refractivity contribution is 6.30. The molecule has 27 heavy (non-hydrogen) atoms. The van der Waals surface area contributed by atoms with Crippen LogP contribution in [0.2, 0.25) is 5.02 Å². The molecule has 0 saturated carbocycles. The third-order valence-electron chi connectivity index (χ3n) is 4.55. The zero-order valence-corrected chi connectivity index (χ0v) is 16.3. The molecule has 0 aliphatic rings. The van der Waals surface area contributed by atoms with Gasteiger partial charge in [-0.2, -0.15) is 0 Å². The highest BCUT2D eigenvalue weighted by atomic mass is 35.5. The molecule has 2 heterocycles. The van der Waals surface area contributed by atoms with Gasteiger partial charge in [0.05, 0.1) is 5.69 Å². The summed E-state index contributed by atoms with van der Waals surface area (Å²) >= 11 is 5.97. The Balaban J connectivity index is 2.22. The van der Waals surface area contributed by atoms with E-state index in [0.717, 1.165) is 37.1 Å². The van der Waals surface area contributed by atoms with E-state index in [1.165, 1.54) is 0 Å². The Kier molecular flexibility index (Phi) is 6.00. The van der Waals surface area contributed by atoms with Crippen molar-refractivity contribution in [2.24, 2.45) is 0 Å². The number of halogens is 1. The van der Waals surface area contributed by atoms with Gasteiger partial charge in [-0.1, -0.05) is 55.3 Å². The van der Waals surface area contributed by atoms with Crippen LogP contribution in [0.4, 0.5) is 0 Å². The number of aliphatic hydroxyl groups excluding tert-OH is 1. The lowest BCUT2D eigenvalue weighted by molar-refractivity contribution is 0.350. The van der Waals surface area contributed by atoms with Crippen molar-refractivity contribution in [1.29, 1.82) is 0 Å². The number of benzene rings is 1. The number of fused-ring (bicyclic) bond motifs is 1. The predicted molar refractivity (Wildman–Crippen MR) is 108 cm³/mol. The van der Waals surface area contributed by atoms with Gasteiger partial charge in [0.25, 0.3) is 5.56 Å². The molecule has 1 N–H and O–H groups in total. The first-order valence-electron chi connectivity index (χ1n) is 9.05. The number of aryl methyl sites for hydroxylation is 1. The lowest BCUT2D eigenvalue weighted by Gasteiger charge is -2.13. The topological polar surface area (TPSA) is 59.5 Å². The second-order valence-corrected chi connectivity index (χ2v) is 6.82. The van der Waals surface area contributed by atoms with E-state index in [0.29, 0.717) is 22.1 Å². The summed E-state index contributed by atoms with van der Waals surface area (Å²) in [6.45, 7) is 4.51. The molecule has 6 heteroatoms. The number of unbranched alkanes of at least 4 members (excludes halogenated alkanes) is 2. The monoisotopic (exact) mass is 383 g/mol. The van der Waals surface area contributed by atoms with E-state index in [-0.39, 0.29) is 12.2 Å². The van der Waals surface area contributed by atoms with Gasteiger partial charge in [-0.3, -0.25) is 9.20 Å². The van der Waals surface area contributed by atoms with Crippen LogP contribution in [0.3, 0.4) is 0 Å². The van der Waals surface area contributed by atoms with Crippen molar-refractivity contribution in [1.82, 2.24) is 14.0 Å². The van der Waals surface area contributed by atoms with Crippen LogP contribution in [-0.2, 0) is 6.54 Å². The van der Waals surface area contributed by atoms with Crippen LogP contribution in [0.1, 0.15) is 37.4 Å². The van der Waals surface area contributed by atoms with Gasteiger partial charge in [0.15, 0.2) is 0 Å². The van der Waals surface area contributed by atoms with Crippen LogP contribution in [0.25, 0.3) is 17.0 Å². The molecular formula is C21H22ClN3O2. The van der Waals surface area contributed by atoms with Gasteiger partial charge in [0.1, 0.15) is 12.2 Å². The van der Waals surface area contributed by atoms with Crippen molar-refractivity contribution in [3.05, 3.63) is 57.1 Å². The fourth-order valence-electron chi connectivity index (χ4n) is 3.09. The highest BCUT2D eigenvalue weighted by Crippen LogP contribution is 2.22. The van der Waals surface area contributed by atoms with Crippen LogP contribution in [0.5, 0.6) is 0 Å². The van der Waals surface area contributed by atoms with Crippen LogP contribution < -0.4 is 5.56 Å². The molecule has 0 fully saturated rings. The average Bonchev–Trinajstić information content (AvgIpc) is 3.10. The number of imidazole rings is 1. The predicted octanol–water partition coefficient (Wildman–Crippen LogP) is 3.66. The first kappa shape index (κ1) is 19.2. The third-order valence-corrected chi connectivity index (χ3v) is 4.80. The SMILES string of the molecule is CCCCCn1c(C)c(C#CCO)c(=O)n2cc(-c3ccc(Cl)cc3)nc12. The summed E-state index contributed by atoms with van der Waals surface area (Å²) in [7, 11) is 0. The Bertz CT molecular complexity index is 1070. The van der Waals surface area contributed by atoms with Crippen LogP contribution in [0, 0.1) is 18.8 Å². The number of hydrogen-bond donors (Lipinski definition) is 1. The molecular weight excluding hydrogens is 362 g/mol. The zero-order chi connectivity index (χ0) is 19.4. The molecule has 3 rings (SSSR count). The molecule has 0 atom stereocenters. The van der Waals surface area contributed by atoms with Crippen molar-refractivity contribution in [2.45, 2.75) is 39.7 Å². The molecule has 2 aromatic heterocycles. The minimum Gasteiger partial charge on any atom is -0.384 e. The van der Waals surface area contributed by atoms with Gasteiger partial charge < -0.3 is 9.67 Å². The van der Waals surface area contributed by atoms with E-state index in [1.54, 1.807) is 22.7 Å². The lowest BCUT2D eigenvalue weighted by Crippen LogP contribution is -2.23. The van der Waals surface area contributed by atoms with E-state index < -0.39 is 0 Å². The number of aromatic nitrogens is 3. The summed E-state index contributed by atoms with van der Waals surface area (Å²) in [4.78, 5) is 17.7. The molecule has 140 valence electrons. The van der Waals surface area contributed by atoms with E-state index in [4.69, 9.17) is 21.7 Å². The van der Waals surface area contributed by atoms with Crippen molar-refractivity contribution in [3.63, 3.8) is 0 Å². The first-order chi connectivity index (χ1) is 13.1. The van der Waals surface area contributed by atoms with E-state index in [2.05, 4.69) is 18.8 Å². The van der Waals surface area contributed by atoms with Crippen molar-refractivity contribution < 1.29 is 5.11 Å². The van der Waals surface area contributed by atoms with Crippen LogP contribution in [-0.4, -0.2) is 25.7 Å². The van der Waals surface area contributed by atoms with Crippen molar-refractivity contribution >= 4 is 17.4 Å². The molecule has 0 amide bonds. The molecule has 5 nitrogen and oxygen atoms in total.